The Morgan fingerprint density at radius 2 is 1.84 bits per heavy atom. The van der Waals surface area contributed by atoms with Crippen molar-refractivity contribution >= 4 is 22.6 Å². The van der Waals surface area contributed by atoms with E-state index in [0.717, 1.165) is 16.3 Å². The minimum atomic E-state index is -1.14. The highest BCUT2D eigenvalue weighted by Crippen LogP contribution is 2.31. The van der Waals surface area contributed by atoms with E-state index in [0.29, 0.717) is 23.6 Å². The first-order valence-corrected chi connectivity index (χ1v) is 9.96. The smallest absolute Gasteiger partial charge is 0.331 e. The van der Waals surface area contributed by atoms with Crippen LogP contribution in [-0.4, -0.2) is 36.6 Å². The summed E-state index contributed by atoms with van der Waals surface area (Å²) in [5.41, 5.74) is 0.0195. The molecule has 1 amide bonds. The summed E-state index contributed by atoms with van der Waals surface area (Å²) in [7, 11) is 2.85. The van der Waals surface area contributed by atoms with Crippen LogP contribution in [-0.2, 0) is 16.1 Å². The number of hydrogen-bond acceptors (Lipinski definition) is 6. The summed E-state index contributed by atoms with van der Waals surface area (Å²) >= 11 is 0. The molecule has 0 aliphatic heterocycles. The molecule has 7 nitrogen and oxygen atoms in total. The Morgan fingerprint density at radius 1 is 1.06 bits per heavy atom. The Morgan fingerprint density at radius 3 is 2.48 bits per heavy atom. The van der Waals surface area contributed by atoms with Gasteiger partial charge in [0.25, 0.3) is 5.91 Å². The maximum Gasteiger partial charge on any atom is 0.331 e. The number of methoxy groups -OCH3 is 2. The number of ether oxygens (including phenoxy) is 3. The molecule has 1 aromatic heterocycles. The van der Waals surface area contributed by atoms with Gasteiger partial charge < -0.3 is 19.5 Å². The predicted molar refractivity (Wildman–Crippen MR) is 117 cm³/mol. The number of benzene rings is 2. The van der Waals surface area contributed by atoms with E-state index >= 15 is 0 Å². The molecule has 0 radical (unpaired) electrons. The number of hydrogen-bond donors (Lipinski definition) is 1. The first-order chi connectivity index (χ1) is 14.9. The third kappa shape index (κ3) is 4.77. The second-order valence-corrected chi connectivity index (χ2v) is 7.29. The molecular formula is C24H26N2O5. The van der Waals surface area contributed by atoms with Crippen LogP contribution in [0.4, 0.5) is 0 Å². The number of aromatic nitrogens is 1. The average Bonchev–Trinajstić information content (AvgIpc) is 2.81. The molecule has 0 fully saturated rings. The van der Waals surface area contributed by atoms with Gasteiger partial charge in [-0.05, 0) is 30.9 Å². The van der Waals surface area contributed by atoms with Gasteiger partial charge >= 0.3 is 5.97 Å². The first-order valence-electron chi connectivity index (χ1n) is 9.96. The van der Waals surface area contributed by atoms with E-state index in [1.54, 1.807) is 32.4 Å². The standard InChI is InChI=1S/C24H26N2O5/c1-5-24(2,23(28)30-4)26-22(27)19-12-11-17-8-6-7-9-18(17)21(19)31-15-16-10-13-20(29-3)25-14-16/h6-14H,5,15H2,1-4H3,(H,26,27). The second-order valence-electron chi connectivity index (χ2n) is 7.29. The highest BCUT2D eigenvalue weighted by Gasteiger charge is 2.35. The van der Waals surface area contributed by atoms with Crippen molar-refractivity contribution in [3.8, 4) is 11.6 Å². The van der Waals surface area contributed by atoms with E-state index < -0.39 is 17.4 Å². The highest BCUT2D eigenvalue weighted by molar-refractivity contribution is 6.05. The normalized spacial score (nSPS) is 12.6. The molecule has 1 atom stereocenters. The largest absolute Gasteiger partial charge is 0.487 e. The Kier molecular flexibility index (Phi) is 6.74. The molecule has 0 aliphatic carbocycles. The molecule has 31 heavy (non-hydrogen) atoms. The second kappa shape index (κ2) is 9.47. The highest BCUT2D eigenvalue weighted by atomic mass is 16.5. The quantitative estimate of drug-likeness (QED) is 0.554. The maximum atomic E-state index is 13.2. The minimum absolute atomic E-state index is 0.216. The molecule has 1 heterocycles. The number of esters is 1. The van der Waals surface area contributed by atoms with E-state index in [9.17, 15) is 9.59 Å². The SMILES string of the molecule is CCC(C)(NC(=O)c1ccc2ccccc2c1OCc1ccc(OC)nc1)C(=O)OC. The fourth-order valence-electron chi connectivity index (χ4n) is 3.18. The summed E-state index contributed by atoms with van der Waals surface area (Å²) in [4.78, 5) is 29.6. The van der Waals surface area contributed by atoms with Crippen LogP contribution >= 0.6 is 0 Å². The summed E-state index contributed by atoms with van der Waals surface area (Å²) < 4.78 is 16.1. The topological polar surface area (TPSA) is 86.8 Å². The van der Waals surface area contributed by atoms with Gasteiger partial charge in [-0.2, -0.15) is 0 Å². The molecule has 3 aromatic rings. The first kappa shape index (κ1) is 22.1. The molecule has 0 spiro atoms. The van der Waals surface area contributed by atoms with Crippen LogP contribution in [0.2, 0.25) is 0 Å². The molecular weight excluding hydrogens is 396 g/mol. The van der Waals surface area contributed by atoms with Gasteiger partial charge in [0, 0.05) is 23.2 Å². The molecule has 0 bridgehead atoms. The van der Waals surface area contributed by atoms with Crippen molar-refractivity contribution in [3.63, 3.8) is 0 Å². The van der Waals surface area contributed by atoms with Gasteiger partial charge in [-0.3, -0.25) is 4.79 Å². The Balaban J connectivity index is 1.95. The molecule has 0 saturated heterocycles. The van der Waals surface area contributed by atoms with Gasteiger partial charge in [-0.25, -0.2) is 9.78 Å². The molecule has 0 aliphatic rings. The summed E-state index contributed by atoms with van der Waals surface area (Å²) in [6.07, 6.45) is 2.04. The number of pyridine rings is 1. The Bertz CT molecular complexity index is 1080. The molecule has 3 rings (SSSR count). The van der Waals surface area contributed by atoms with Gasteiger partial charge in [0.05, 0.1) is 19.8 Å². The van der Waals surface area contributed by atoms with Crippen LogP contribution in [0.3, 0.4) is 0 Å². The number of rotatable bonds is 8. The summed E-state index contributed by atoms with van der Waals surface area (Å²) in [6, 6.07) is 14.8. The molecule has 162 valence electrons. The third-order valence-electron chi connectivity index (χ3n) is 5.25. The van der Waals surface area contributed by atoms with Gasteiger partial charge in [-0.1, -0.05) is 37.3 Å². The summed E-state index contributed by atoms with van der Waals surface area (Å²) in [6.45, 7) is 3.67. The van der Waals surface area contributed by atoms with Crippen molar-refractivity contribution in [1.82, 2.24) is 10.3 Å². The number of carbonyl (C=O) groups excluding carboxylic acids is 2. The lowest BCUT2D eigenvalue weighted by molar-refractivity contribution is -0.147. The van der Waals surface area contributed by atoms with Crippen LogP contribution in [0.1, 0.15) is 36.2 Å². The molecule has 7 heteroatoms. The zero-order chi connectivity index (χ0) is 22.4. The maximum absolute atomic E-state index is 13.2. The average molecular weight is 422 g/mol. The Hall–Kier alpha value is -3.61. The molecule has 2 aromatic carbocycles. The van der Waals surface area contributed by atoms with Crippen LogP contribution in [0, 0.1) is 0 Å². The number of nitrogens with one attached hydrogen (secondary N) is 1. The van der Waals surface area contributed by atoms with E-state index in [1.807, 2.05) is 43.3 Å². The van der Waals surface area contributed by atoms with Gasteiger partial charge in [0.15, 0.2) is 0 Å². The fraction of sp³-hybridized carbons (Fsp3) is 0.292. The van der Waals surface area contributed by atoms with E-state index in [-0.39, 0.29) is 6.61 Å². The van der Waals surface area contributed by atoms with Crippen molar-refractivity contribution in [1.29, 1.82) is 0 Å². The van der Waals surface area contributed by atoms with Crippen molar-refractivity contribution in [3.05, 3.63) is 65.9 Å². The van der Waals surface area contributed by atoms with Crippen LogP contribution in [0.25, 0.3) is 10.8 Å². The van der Waals surface area contributed by atoms with Crippen LogP contribution in [0.15, 0.2) is 54.7 Å². The van der Waals surface area contributed by atoms with Gasteiger partial charge in [0.2, 0.25) is 5.88 Å². The van der Waals surface area contributed by atoms with E-state index in [2.05, 4.69) is 10.3 Å². The molecule has 1 N–H and O–H groups in total. The summed E-state index contributed by atoms with van der Waals surface area (Å²) in [5, 5.41) is 4.54. The minimum Gasteiger partial charge on any atom is -0.487 e. The lowest BCUT2D eigenvalue weighted by Crippen LogP contribution is -2.52. The molecule has 1 unspecified atom stereocenters. The number of amides is 1. The van der Waals surface area contributed by atoms with Gasteiger partial charge in [0.1, 0.15) is 17.9 Å². The van der Waals surface area contributed by atoms with Crippen molar-refractivity contribution in [2.75, 3.05) is 14.2 Å². The van der Waals surface area contributed by atoms with Crippen molar-refractivity contribution in [2.45, 2.75) is 32.4 Å². The lowest BCUT2D eigenvalue weighted by atomic mass is 9.97. The lowest BCUT2D eigenvalue weighted by Gasteiger charge is -2.27. The van der Waals surface area contributed by atoms with Crippen molar-refractivity contribution in [2.24, 2.45) is 0 Å². The monoisotopic (exact) mass is 422 g/mol. The predicted octanol–water partition coefficient (Wildman–Crippen LogP) is 3.89. The Labute approximate surface area is 181 Å². The third-order valence-corrected chi connectivity index (χ3v) is 5.25. The number of nitrogens with zero attached hydrogens (tertiary/aromatic N) is 1. The number of fused-ring (bicyclic) bond motifs is 1. The van der Waals surface area contributed by atoms with E-state index in [4.69, 9.17) is 14.2 Å². The zero-order valence-corrected chi connectivity index (χ0v) is 18.1. The summed E-state index contributed by atoms with van der Waals surface area (Å²) in [5.74, 6) is 0.0321. The van der Waals surface area contributed by atoms with E-state index in [1.165, 1.54) is 7.11 Å². The molecule has 0 saturated carbocycles. The van der Waals surface area contributed by atoms with Gasteiger partial charge in [-0.15, -0.1) is 0 Å². The zero-order valence-electron chi connectivity index (χ0n) is 18.1. The van der Waals surface area contributed by atoms with Crippen molar-refractivity contribution < 1.29 is 23.8 Å². The number of carbonyl (C=O) groups is 2. The van der Waals surface area contributed by atoms with Crippen LogP contribution in [0.5, 0.6) is 11.6 Å². The van der Waals surface area contributed by atoms with Crippen LogP contribution < -0.4 is 14.8 Å². The fourth-order valence-corrected chi connectivity index (χ4v) is 3.18.